The van der Waals surface area contributed by atoms with Crippen LogP contribution in [0.5, 0.6) is 5.75 Å². The van der Waals surface area contributed by atoms with E-state index in [1.807, 2.05) is 40.6 Å². The molecule has 3 aromatic rings. The quantitative estimate of drug-likeness (QED) is 0.588. The number of methoxy groups -OCH3 is 1. The van der Waals surface area contributed by atoms with Gasteiger partial charge in [-0.3, -0.25) is 9.59 Å². The van der Waals surface area contributed by atoms with Gasteiger partial charge in [0.15, 0.2) is 0 Å². The SMILES string of the molecule is COc1cccc(N2C(=O)C(c3cccs3)=C(N3CCCc4ccccc43)C2=O)c1. The molecule has 30 heavy (non-hydrogen) atoms. The van der Waals surface area contributed by atoms with E-state index in [1.165, 1.54) is 21.8 Å². The number of ether oxygens (including phenoxy) is 1. The molecule has 0 saturated heterocycles. The van der Waals surface area contributed by atoms with Crippen LogP contribution in [0.3, 0.4) is 0 Å². The number of anilines is 2. The predicted octanol–water partition coefficient (Wildman–Crippen LogP) is 4.49. The number of para-hydroxylation sites is 1. The van der Waals surface area contributed by atoms with Crippen molar-refractivity contribution in [3.8, 4) is 5.75 Å². The number of nitrogens with zero attached hydrogens (tertiary/aromatic N) is 2. The van der Waals surface area contributed by atoms with E-state index in [0.717, 1.165) is 23.4 Å². The van der Waals surface area contributed by atoms with Crippen LogP contribution in [-0.4, -0.2) is 25.5 Å². The van der Waals surface area contributed by atoms with E-state index in [1.54, 1.807) is 31.4 Å². The lowest BCUT2D eigenvalue weighted by molar-refractivity contribution is -0.120. The van der Waals surface area contributed by atoms with Gasteiger partial charge in [0.25, 0.3) is 11.8 Å². The maximum absolute atomic E-state index is 13.7. The molecule has 0 N–H and O–H groups in total. The number of hydrogen-bond donors (Lipinski definition) is 0. The zero-order valence-corrected chi connectivity index (χ0v) is 17.3. The Kier molecular flexibility index (Phi) is 4.64. The summed E-state index contributed by atoms with van der Waals surface area (Å²) in [5.74, 6) is 0.00431. The Labute approximate surface area is 178 Å². The molecule has 0 aliphatic carbocycles. The molecule has 0 saturated carbocycles. The topological polar surface area (TPSA) is 49.9 Å². The summed E-state index contributed by atoms with van der Waals surface area (Å²) in [6.07, 6.45) is 1.90. The molecule has 150 valence electrons. The van der Waals surface area contributed by atoms with Crippen LogP contribution in [0.15, 0.2) is 71.7 Å². The lowest BCUT2D eigenvalue weighted by Crippen LogP contribution is -2.37. The first kappa shape index (κ1) is 18.6. The van der Waals surface area contributed by atoms with Crippen molar-refractivity contribution < 1.29 is 14.3 Å². The monoisotopic (exact) mass is 416 g/mol. The Hall–Kier alpha value is -3.38. The first-order chi connectivity index (χ1) is 14.7. The maximum atomic E-state index is 13.7. The van der Waals surface area contributed by atoms with Gasteiger partial charge < -0.3 is 9.64 Å². The molecule has 0 bridgehead atoms. The van der Waals surface area contributed by atoms with Crippen LogP contribution in [0.2, 0.25) is 0 Å². The number of carbonyl (C=O) groups excluding carboxylic acids is 2. The Morgan fingerprint density at radius 1 is 0.967 bits per heavy atom. The molecule has 3 heterocycles. The highest BCUT2D eigenvalue weighted by atomic mass is 32.1. The first-order valence-electron chi connectivity index (χ1n) is 9.85. The highest BCUT2D eigenvalue weighted by molar-refractivity contribution is 7.11. The van der Waals surface area contributed by atoms with E-state index in [9.17, 15) is 9.59 Å². The predicted molar refractivity (Wildman–Crippen MR) is 119 cm³/mol. The third-order valence-corrected chi connectivity index (χ3v) is 6.41. The second-order valence-electron chi connectivity index (χ2n) is 7.23. The third kappa shape index (κ3) is 2.92. The lowest BCUT2D eigenvalue weighted by atomic mass is 10.00. The summed E-state index contributed by atoms with van der Waals surface area (Å²) < 4.78 is 5.30. The van der Waals surface area contributed by atoms with Crippen LogP contribution >= 0.6 is 11.3 Å². The van der Waals surface area contributed by atoms with E-state index < -0.39 is 0 Å². The van der Waals surface area contributed by atoms with Crippen LogP contribution in [0.25, 0.3) is 5.57 Å². The number of thiophene rings is 1. The van der Waals surface area contributed by atoms with Crippen molar-refractivity contribution in [2.45, 2.75) is 12.8 Å². The normalized spacial score (nSPS) is 16.3. The fourth-order valence-electron chi connectivity index (χ4n) is 4.16. The van der Waals surface area contributed by atoms with Gasteiger partial charge in [0.1, 0.15) is 11.4 Å². The van der Waals surface area contributed by atoms with Crippen LogP contribution in [0, 0.1) is 0 Å². The summed E-state index contributed by atoms with van der Waals surface area (Å²) >= 11 is 1.47. The van der Waals surface area contributed by atoms with Gasteiger partial charge in [-0.15, -0.1) is 11.3 Å². The average molecular weight is 417 g/mol. The molecule has 0 unspecified atom stereocenters. The third-order valence-electron chi connectivity index (χ3n) is 5.52. The van der Waals surface area contributed by atoms with Crippen molar-refractivity contribution in [1.29, 1.82) is 0 Å². The fraction of sp³-hybridized carbons (Fsp3) is 0.167. The van der Waals surface area contributed by atoms with Crippen LogP contribution in [-0.2, 0) is 16.0 Å². The second kappa shape index (κ2) is 7.46. The molecule has 6 heteroatoms. The molecule has 1 aromatic heterocycles. The van der Waals surface area contributed by atoms with Gasteiger partial charge in [-0.05, 0) is 48.1 Å². The minimum absolute atomic E-state index is 0.297. The van der Waals surface area contributed by atoms with Crippen molar-refractivity contribution in [2.24, 2.45) is 0 Å². The molecular weight excluding hydrogens is 396 g/mol. The first-order valence-corrected chi connectivity index (χ1v) is 10.7. The number of benzene rings is 2. The summed E-state index contributed by atoms with van der Waals surface area (Å²) in [6.45, 7) is 0.701. The summed E-state index contributed by atoms with van der Waals surface area (Å²) in [5.41, 5.74) is 3.63. The molecule has 0 fully saturated rings. The van der Waals surface area contributed by atoms with E-state index in [-0.39, 0.29) is 11.8 Å². The summed E-state index contributed by atoms with van der Waals surface area (Å²) in [7, 11) is 1.57. The van der Waals surface area contributed by atoms with Crippen LogP contribution < -0.4 is 14.5 Å². The van der Waals surface area contributed by atoms with Gasteiger partial charge in [-0.25, -0.2) is 4.90 Å². The number of aryl methyl sites for hydroxylation is 1. The number of fused-ring (bicyclic) bond motifs is 1. The summed E-state index contributed by atoms with van der Waals surface area (Å²) in [4.78, 5) is 31.4. The second-order valence-corrected chi connectivity index (χ2v) is 8.18. The lowest BCUT2D eigenvalue weighted by Gasteiger charge is -2.32. The van der Waals surface area contributed by atoms with Crippen molar-refractivity contribution in [3.05, 3.63) is 82.2 Å². The highest BCUT2D eigenvalue weighted by Crippen LogP contribution is 2.40. The van der Waals surface area contributed by atoms with Gasteiger partial charge in [0.2, 0.25) is 0 Å². The van der Waals surface area contributed by atoms with E-state index in [2.05, 4.69) is 6.07 Å². The summed E-state index contributed by atoms with van der Waals surface area (Å²) in [5, 5.41) is 1.93. The molecule has 2 aromatic carbocycles. The molecular formula is C24H20N2O3S. The van der Waals surface area contributed by atoms with E-state index in [4.69, 9.17) is 4.74 Å². The van der Waals surface area contributed by atoms with Crippen molar-refractivity contribution in [3.63, 3.8) is 0 Å². The average Bonchev–Trinajstić information content (AvgIpc) is 3.39. The number of rotatable bonds is 4. The molecule has 0 atom stereocenters. The van der Waals surface area contributed by atoms with Crippen LogP contribution in [0.4, 0.5) is 11.4 Å². The van der Waals surface area contributed by atoms with Gasteiger partial charge in [0, 0.05) is 23.2 Å². The Balaban J connectivity index is 1.67. The highest BCUT2D eigenvalue weighted by Gasteiger charge is 2.44. The zero-order valence-electron chi connectivity index (χ0n) is 16.5. The summed E-state index contributed by atoms with van der Waals surface area (Å²) in [6, 6.07) is 19.0. The molecule has 2 aliphatic heterocycles. The Morgan fingerprint density at radius 3 is 2.63 bits per heavy atom. The number of hydrogen-bond acceptors (Lipinski definition) is 5. The maximum Gasteiger partial charge on any atom is 0.282 e. The molecule has 0 spiro atoms. The largest absolute Gasteiger partial charge is 0.497 e. The van der Waals surface area contributed by atoms with Crippen molar-refractivity contribution >= 4 is 40.1 Å². The smallest absolute Gasteiger partial charge is 0.282 e. The fourth-order valence-corrected chi connectivity index (χ4v) is 4.92. The number of imide groups is 1. The molecule has 2 amide bonds. The van der Waals surface area contributed by atoms with E-state index >= 15 is 0 Å². The van der Waals surface area contributed by atoms with Gasteiger partial charge >= 0.3 is 0 Å². The molecule has 5 rings (SSSR count). The minimum atomic E-state index is -0.298. The standard InChI is InChI=1S/C24H20N2O3S/c1-29-18-10-4-9-17(15-18)26-23(27)21(20-12-6-14-30-20)22(24(26)28)25-13-5-8-16-7-2-3-11-19(16)25/h2-4,6-7,9-12,14-15H,5,8,13H2,1H3. The van der Waals surface area contributed by atoms with Crippen molar-refractivity contribution in [1.82, 2.24) is 0 Å². The molecule has 2 aliphatic rings. The van der Waals surface area contributed by atoms with Crippen LogP contribution in [0.1, 0.15) is 16.9 Å². The van der Waals surface area contributed by atoms with E-state index in [0.29, 0.717) is 29.3 Å². The molecule has 0 radical (unpaired) electrons. The van der Waals surface area contributed by atoms with Gasteiger partial charge in [-0.2, -0.15) is 0 Å². The zero-order chi connectivity index (χ0) is 20.7. The van der Waals surface area contributed by atoms with Crippen molar-refractivity contribution in [2.75, 3.05) is 23.5 Å². The Bertz CT molecular complexity index is 1170. The minimum Gasteiger partial charge on any atom is -0.497 e. The Morgan fingerprint density at radius 2 is 1.83 bits per heavy atom. The molecule has 5 nitrogen and oxygen atoms in total. The van der Waals surface area contributed by atoms with Gasteiger partial charge in [-0.1, -0.05) is 30.3 Å². The van der Waals surface area contributed by atoms with Gasteiger partial charge in [0.05, 0.1) is 18.4 Å². The number of carbonyl (C=O) groups is 2. The number of amides is 2.